The number of hydrogen-bond donors (Lipinski definition) is 2. The molecule has 0 aromatic heterocycles. The number of nitrogens with one attached hydrogen (secondary N) is 1. The van der Waals surface area contributed by atoms with E-state index in [4.69, 9.17) is 17.3 Å². The van der Waals surface area contributed by atoms with Crippen molar-refractivity contribution in [2.75, 3.05) is 6.54 Å². The molecule has 2 rings (SSSR count). The SMILES string of the molecule is Cl.NC1(CNS(=O)(=O)c2ccccc2Cl)CCCCCC1. The summed E-state index contributed by atoms with van der Waals surface area (Å²) in [5.74, 6) is 0. The molecule has 0 atom stereocenters. The van der Waals surface area contributed by atoms with Gasteiger partial charge in [0, 0.05) is 12.1 Å². The first-order valence-electron chi connectivity index (χ1n) is 6.96. The van der Waals surface area contributed by atoms with E-state index in [2.05, 4.69) is 4.72 Å². The smallest absolute Gasteiger partial charge is 0.242 e. The number of halogens is 2. The first-order valence-corrected chi connectivity index (χ1v) is 8.82. The van der Waals surface area contributed by atoms with Gasteiger partial charge in [-0.05, 0) is 25.0 Å². The van der Waals surface area contributed by atoms with Crippen LogP contribution in [0.25, 0.3) is 0 Å². The van der Waals surface area contributed by atoms with Crippen LogP contribution in [0.1, 0.15) is 38.5 Å². The maximum Gasteiger partial charge on any atom is 0.242 e. The van der Waals surface area contributed by atoms with E-state index in [9.17, 15) is 8.42 Å². The van der Waals surface area contributed by atoms with Gasteiger partial charge in [-0.1, -0.05) is 49.4 Å². The van der Waals surface area contributed by atoms with Crippen LogP contribution in [0.3, 0.4) is 0 Å². The molecule has 4 nitrogen and oxygen atoms in total. The molecule has 0 spiro atoms. The van der Waals surface area contributed by atoms with Crippen molar-refractivity contribution in [1.82, 2.24) is 4.72 Å². The van der Waals surface area contributed by atoms with Gasteiger partial charge in [0.1, 0.15) is 4.90 Å². The van der Waals surface area contributed by atoms with E-state index in [0.29, 0.717) is 0 Å². The summed E-state index contributed by atoms with van der Waals surface area (Å²) < 4.78 is 27.2. The lowest BCUT2D eigenvalue weighted by Crippen LogP contribution is -2.49. The molecule has 120 valence electrons. The van der Waals surface area contributed by atoms with Crippen molar-refractivity contribution in [1.29, 1.82) is 0 Å². The highest BCUT2D eigenvalue weighted by Gasteiger charge is 2.28. The number of rotatable bonds is 4. The first kappa shape index (κ1) is 18.7. The van der Waals surface area contributed by atoms with E-state index in [-0.39, 0.29) is 28.9 Å². The van der Waals surface area contributed by atoms with E-state index in [1.807, 2.05) is 0 Å². The summed E-state index contributed by atoms with van der Waals surface area (Å²) in [6, 6.07) is 6.43. The molecule has 1 aromatic rings. The molecule has 1 aliphatic rings. The van der Waals surface area contributed by atoms with Gasteiger partial charge < -0.3 is 5.73 Å². The summed E-state index contributed by atoms with van der Waals surface area (Å²) in [6.45, 7) is 0.264. The highest BCUT2D eigenvalue weighted by molar-refractivity contribution is 7.89. The molecular weight excluding hydrogens is 331 g/mol. The predicted octanol–water partition coefficient (Wildman–Crippen LogP) is 3.09. The molecule has 21 heavy (non-hydrogen) atoms. The number of benzene rings is 1. The van der Waals surface area contributed by atoms with Crippen LogP contribution in [0.5, 0.6) is 0 Å². The molecule has 0 unspecified atom stereocenters. The van der Waals surface area contributed by atoms with Gasteiger partial charge in [-0.2, -0.15) is 0 Å². The third kappa shape index (κ3) is 5.11. The molecule has 1 fully saturated rings. The van der Waals surface area contributed by atoms with Crippen LogP contribution in [0.15, 0.2) is 29.2 Å². The number of sulfonamides is 1. The Morgan fingerprint density at radius 3 is 2.29 bits per heavy atom. The molecule has 0 heterocycles. The Morgan fingerprint density at radius 1 is 1.14 bits per heavy atom. The van der Waals surface area contributed by atoms with E-state index in [0.717, 1.165) is 25.7 Å². The lowest BCUT2D eigenvalue weighted by Gasteiger charge is -2.28. The highest BCUT2D eigenvalue weighted by atomic mass is 35.5. The molecule has 0 amide bonds. The molecule has 0 aliphatic heterocycles. The van der Waals surface area contributed by atoms with Crippen LogP contribution in [0.4, 0.5) is 0 Å². The largest absolute Gasteiger partial charge is 0.324 e. The highest BCUT2D eigenvalue weighted by Crippen LogP contribution is 2.25. The third-order valence-electron chi connectivity index (χ3n) is 3.84. The minimum absolute atomic E-state index is 0. The normalized spacial score (nSPS) is 18.6. The summed E-state index contributed by atoms with van der Waals surface area (Å²) in [6.07, 6.45) is 6.19. The van der Waals surface area contributed by atoms with Crippen molar-refractivity contribution in [3.8, 4) is 0 Å². The Balaban J connectivity index is 0.00000220. The standard InChI is InChI=1S/C14H21ClN2O2S.ClH/c15-12-7-3-4-8-13(12)20(18,19)17-11-14(16)9-5-1-2-6-10-14;/h3-4,7-8,17H,1-2,5-6,9-11,16H2;1H. The van der Waals surface area contributed by atoms with E-state index in [1.165, 1.54) is 18.9 Å². The predicted molar refractivity (Wildman–Crippen MR) is 88.5 cm³/mol. The quantitative estimate of drug-likeness (QED) is 0.817. The fraction of sp³-hybridized carbons (Fsp3) is 0.571. The van der Waals surface area contributed by atoms with E-state index in [1.54, 1.807) is 18.2 Å². The first-order chi connectivity index (χ1) is 9.43. The van der Waals surface area contributed by atoms with Crippen LogP contribution < -0.4 is 10.5 Å². The monoisotopic (exact) mass is 352 g/mol. The van der Waals surface area contributed by atoms with Crippen molar-refractivity contribution in [3.05, 3.63) is 29.3 Å². The van der Waals surface area contributed by atoms with Crippen LogP contribution in [0, 0.1) is 0 Å². The van der Waals surface area contributed by atoms with Gasteiger partial charge in [0.05, 0.1) is 5.02 Å². The zero-order valence-corrected chi connectivity index (χ0v) is 14.2. The second-order valence-electron chi connectivity index (χ2n) is 5.53. The summed E-state index contributed by atoms with van der Waals surface area (Å²) in [5.41, 5.74) is 5.88. The fourth-order valence-corrected chi connectivity index (χ4v) is 4.24. The van der Waals surface area contributed by atoms with Crippen molar-refractivity contribution >= 4 is 34.0 Å². The maximum atomic E-state index is 12.3. The Morgan fingerprint density at radius 2 is 1.71 bits per heavy atom. The maximum absolute atomic E-state index is 12.3. The fourth-order valence-electron chi connectivity index (χ4n) is 2.59. The van der Waals surface area contributed by atoms with Gasteiger partial charge in [-0.15, -0.1) is 12.4 Å². The number of hydrogen-bond acceptors (Lipinski definition) is 3. The van der Waals surface area contributed by atoms with Gasteiger partial charge in [0.2, 0.25) is 10.0 Å². The van der Waals surface area contributed by atoms with Crippen molar-refractivity contribution < 1.29 is 8.42 Å². The second-order valence-corrected chi connectivity index (χ2v) is 7.67. The third-order valence-corrected chi connectivity index (χ3v) is 5.74. The van der Waals surface area contributed by atoms with Crippen LogP contribution >= 0.6 is 24.0 Å². The van der Waals surface area contributed by atoms with Gasteiger partial charge in [0.15, 0.2) is 0 Å². The van der Waals surface area contributed by atoms with Gasteiger partial charge in [0.25, 0.3) is 0 Å². The van der Waals surface area contributed by atoms with Crippen LogP contribution in [0.2, 0.25) is 5.02 Å². The molecule has 7 heteroatoms. The van der Waals surface area contributed by atoms with E-state index >= 15 is 0 Å². The molecule has 1 aliphatic carbocycles. The topological polar surface area (TPSA) is 72.2 Å². The summed E-state index contributed by atoms with van der Waals surface area (Å²) in [7, 11) is -3.60. The average Bonchev–Trinajstić information content (AvgIpc) is 2.63. The molecule has 0 saturated heterocycles. The molecule has 0 radical (unpaired) electrons. The number of nitrogens with two attached hydrogens (primary N) is 1. The molecule has 1 aromatic carbocycles. The second kappa shape index (κ2) is 7.79. The van der Waals surface area contributed by atoms with Gasteiger partial charge in [-0.25, -0.2) is 13.1 Å². The summed E-state index contributed by atoms with van der Waals surface area (Å²) in [4.78, 5) is 0.110. The van der Waals surface area contributed by atoms with Crippen molar-refractivity contribution in [2.24, 2.45) is 5.73 Å². The van der Waals surface area contributed by atoms with Crippen LogP contribution in [-0.4, -0.2) is 20.5 Å². The average molecular weight is 353 g/mol. The summed E-state index contributed by atoms with van der Waals surface area (Å²) >= 11 is 5.94. The minimum Gasteiger partial charge on any atom is -0.324 e. The Hall–Kier alpha value is -0.330. The Labute approximate surface area is 137 Å². The molecular formula is C14H22Cl2N2O2S. The minimum atomic E-state index is -3.60. The Kier molecular flexibility index (Phi) is 6.94. The zero-order chi connectivity index (χ0) is 14.6. The summed E-state index contributed by atoms with van der Waals surface area (Å²) in [5, 5.41) is 0.229. The van der Waals surface area contributed by atoms with Crippen molar-refractivity contribution in [3.63, 3.8) is 0 Å². The van der Waals surface area contributed by atoms with Crippen LogP contribution in [-0.2, 0) is 10.0 Å². The molecule has 0 bridgehead atoms. The Bertz CT molecular complexity index is 556. The zero-order valence-electron chi connectivity index (χ0n) is 11.8. The van der Waals surface area contributed by atoms with Gasteiger partial charge >= 0.3 is 0 Å². The van der Waals surface area contributed by atoms with E-state index < -0.39 is 15.6 Å². The van der Waals surface area contributed by atoms with Crippen molar-refractivity contribution in [2.45, 2.75) is 49.0 Å². The lowest BCUT2D eigenvalue weighted by atomic mass is 9.92. The molecule has 3 N–H and O–H groups in total. The van der Waals surface area contributed by atoms with Gasteiger partial charge in [-0.3, -0.25) is 0 Å². The lowest BCUT2D eigenvalue weighted by molar-refractivity contribution is 0.369. The molecule has 1 saturated carbocycles.